The number of piperidine rings is 1. The summed E-state index contributed by atoms with van der Waals surface area (Å²) < 4.78 is 41.2. The number of amides is 2. The number of benzene rings is 1. The first-order chi connectivity index (χ1) is 12.4. The number of likely N-dealkylation sites (tertiary alicyclic amines) is 1. The quantitative estimate of drug-likeness (QED) is 0.819. The van der Waals surface area contributed by atoms with Crippen LogP contribution in [0.15, 0.2) is 24.5 Å². The van der Waals surface area contributed by atoms with E-state index in [9.17, 15) is 23.1 Å². The predicted molar refractivity (Wildman–Crippen MR) is 87.8 cm³/mol. The van der Waals surface area contributed by atoms with Gasteiger partial charge in [0, 0.05) is 50.4 Å². The van der Waals surface area contributed by atoms with Crippen molar-refractivity contribution in [1.29, 1.82) is 0 Å². The first kappa shape index (κ1) is 18.2. The van der Waals surface area contributed by atoms with Crippen LogP contribution in [0.2, 0.25) is 0 Å². The molecular weight excluding hydrogens is 349 g/mol. The maximum Gasteiger partial charge on any atom is 0.321 e. The third-order valence-electron chi connectivity index (χ3n) is 4.63. The molecule has 0 unspecified atom stereocenters. The second-order valence-corrected chi connectivity index (χ2v) is 6.35. The Labute approximate surface area is 148 Å². The third-order valence-corrected chi connectivity index (χ3v) is 4.63. The second-order valence-electron chi connectivity index (χ2n) is 6.35. The Kier molecular flexibility index (Phi) is 5.17. The molecule has 6 nitrogen and oxygen atoms in total. The molecule has 0 bridgehead atoms. The molecule has 0 aliphatic carbocycles. The normalized spacial score (nSPS) is 16.6. The van der Waals surface area contributed by atoms with E-state index in [0.717, 1.165) is 12.1 Å². The van der Waals surface area contributed by atoms with Crippen molar-refractivity contribution in [3.05, 3.63) is 47.8 Å². The van der Waals surface area contributed by atoms with Gasteiger partial charge in [0.1, 0.15) is 11.9 Å². The van der Waals surface area contributed by atoms with Gasteiger partial charge in [0.05, 0.1) is 0 Å². The minimum Gasteiger partial charge on any atom is -0.385 e. The fourth-order valence-electron chi connectivity index (χ4n) is 3.12. The summed E-state index contributed by atoms with van der Waals surface area (Å²) >= 11 is 0. The lowest BCUT2D eigenvalue weighted by molar-refractivity contribution is 0.0600. The zero-order chi connectivity index (χ0) is 18.8. The minimum atomic E-state index is -1.58. The maximum absolute atomic E-state index is 13.2. The largest absolute Gasteiger partial charge is 0.385 e. The Morgan fingerprint density at radius 3 is 2.42 bits per heavy atom. The molecule has 3 rings (SSSR count). The summed E-state index contributed by atoms with van der Waals surface area (Å²) in [4.78, 5) is 17.9. The number of halogens is 3. The highest BCUT2D eigenvalue weighted by Crippen LogP contribution is 2.30. The lowest BCUT2D eigenvalue weighted by Gasteiger charge is -2.34. The number of aliphatic hydroxyl groups excluding tert-OH is 1. The number of nitrogens with zero attached hydrogens (tertiary/aromatic N) is 3. The van der Waals surface area contributed by atoms with Crippen LogP contribution in [0.25, 0.3) is 0 Å². The molecule has 1 aromatic heterocycles. The zero-order valence-corrected chi connectivity index (χ0v) is 14.1. The number of rotatable bonds is 3. The number of carbonyl (C=O) groups excluding carboxylic acids is 1. The molecule has 1 fully saturated rings. The van der Waals surface area contributed by atoms with Gasteiger partial charge >= 0.3 is 6.03 Å². The van der Waals surface area contributed by atoms with Crippen molar-refractivity contribution in [3.63, 3.8) is 0 Å². The third kappa shape index (κ3) is 3.67. The van der Waals surface area contributed by atoms with Crippen molar-refractivity contribution in [2.24, 2.45) is 13.0 Å². The molecule has 2 amide bonds. The van der Waals surface area contributed by atoms with Crippen LogP contribution < -0.4 is 5.32 Å². The van der Waals surface area contributed by atoms with Gasteiger partial charge in [-0.1, -0.05) is 0 Å². The Hall–Kier alpha value is -2.55. The number of imidazole rings is 1. The number of hydrogen-bond acceptors (Lipinski definition) is 3. The molecule has 0 saturated carbocycles. The molecular formula is C17H19F3N4O2. The molecule has 1 saturated heterocycles. The number of aromatic nitrogens is 2. The number of aryl methyl sites for hydroxylation is 1. The summed E-state index contributed by atoms with van der Waals surface area (Å²) in [6.45, 7) is 0.758. The van der Waals surface area contributed by atoms with Crippen molar-refractivity contribution in [2.45, 2.75) is 18.9 Å². The monoisotopic (exact) mass is 368 g/mol. The molecule has 1 atom stereocenters. The van der Waals surface area contributed by atoms with Gasteiger partial charge < -0.3 is 19.9 Å². The summed E-state index contributed by atoms with van der Waals surface area (Å²) in [5, 5.41) is 12.8. The summed E-state index contributed by atoms with van der Waals surface area (Å²) in [6, 6.07) is 0.933. The van der Waals surface area contributed by atoms with Crippen LogP contribution in [-0.2, 0) is 7.05 Å². The number of carbonyl (C=O) groups is 1. The molecule has 1 aliphatic heterocycles. The highest BCUT2D eigenvalue weighted by Gasteiger charge is 2.30. The van der Waals surface area contributed by atoms with Crippen LogP contribution in [-0.4, -0.2) is 38.7 Å². The van der Waals surface area contributed by atoms with E-state index in [2.05, 4.69) is 10.3 Å². The van der Waals surface area contributed by atoms with Crippen molar-refractivity contribution in [3.8, 4) is 0 Å². The van der Waals surface area contributed by atoms with Crippen molar-refractivity contribution < 1.29 is 23.1 Å². The lowest BCUT2D eigenvalue weighted by atomic mass is 9.91. The SMILES string of the molecule is Cn1ccnc1[C@@H](O)C1CCN(C(=O)Nc2cc(F)c(F)c(F)c2)CC1. The van der Waals surface area contributed by atoms with Crippen molar-refractivity contribution in [2.75, 3.05) is 18.4 Å². The molecule has 9 heteroatoms. The molecule has 2 aromatic rings. The number of anilines is 1. The average Bonchev–Trinajstić information content (AvgIpc) is 3.05. The van der Waals surface area contributed by atoms with Gasteiger partial charge in [0.25, 0.3) is 0 Å². The topological polar surface area (TPSA) is 70.4 Å². The zero-order valence-electron chi connectivity index (χ0n) is 14.1. The van der Waals surface area contributed by atoms with E-state index in [1.807, 2.05) is 0 Å². The number of hydrogen-bond donors (Lipinski definition) is 2. The van der Waals surface area contributed by atoms with Gasteiger partial charge in [-0.25, -0.2) is 22.9 Å². The molecule has 1 aliphatic rings. The highest BCUT2D eigenvalue weighted by molar-refractivity contribution is 5.89. The smallest absolute Gasteiger partial charge is 0.321 e. The van der Waals surface area contributed by atoms with Gasteiger partial charge in [-0.05, 0) is 18.8 Å². The van der Waals surface area contributed by atoms with E-state index in [1.54, 1.807) is 24.0 Å². The van der Waals surface area contributed by atoms with Gasteiger partial charge in [-0.3, -0.25) is 0 Å². The Morgan fingerprint density at radius 2 is 1.88 bits per heavy atom. The summed E-state index contributed by atoms with van der Waals surface area (Å²) in [7, 11) is 1.80. The lowest BCUT2D eigenvalue weighted by Crippen LogP contribution is -2.42. The molecule has 2 N–H and O–H groups in total. The number of aliphatic hydroxyl groups is 1. The number of urea groups is 1. The summed E-state index contributed by atoms with van der Waals surface area (Å²) in [6.07, 6.45) is 3.77. The Morgan fingerprint density at radius 1 is 1.27 bits per heavy atom. The van der Waals surface area contributed by atoms with Crippen LogP contribution >= 0.6 is 0 Å². The predicted octanol–water partition coefficient (Wildman–Crippen LogP) is 2.81. The molecule has 2 heterocycles. The van der Waals surface area contributed by atoms with Crippen molar-refractivity contribution >= 4 is 11.7 Å². The minimum absolute atomic E-state index is 0.0409. The van der Waals surface area contributed by atoms with Crippen LogP contribution in [0.4, 0.5) is 23.7 Å². The summed E-state index contributed by atoms with van der Waals surface area (Å²) in [5.41, 5.74) is -0.151. The fourth-order valence-corrected chi connectivity index (χ4v) is 3.12. The molecule has 26 heavy (non-hydrogen) atoms. The average molecular weight is 368 g/mol. The van der Waals surface area contributed by atoms with E-state index in [0.29, 0.717) is 31.8 Å². The van der Waals surface area contributed by atoms with Crippen LogP contribution in [0.5, 0.6) is 0 Å². The van der Waals surface area contributed by atoms with E-state index in [1.165, 1.54) is 4.90 Å². The van der Waals surface area contributed by atoms with E-state index < -0.39 is 29.6 Å². The highest BCUT2D eigenvalue weighted by atomic mass is 19.2. The van der Waals surface area contributed by atoms with Gasteiger partial charge in [-0.15, -0.1) is 0 Å². The maximum atomic E-state index is 13.2. The van der Waals surface area contributed by atoms with Crippen LogP contribution in [0, 0.1) is 23.4 Å². The molecule has 0 radical (unpaired) electrons. The van der Waals surface area contributed by atoms with Crippen LogP contribution in [0.1, 0.15) is 24.8 Å². The first-order valence-corrected chi connectivity index (χ1v) is 8.22. The Bertz CT molecular complexity index is 780. The first-order valence-electron chi connectivity index (χ1n) is 8.22. The van der Waals surface area contributed by atoms with E-state index in [4.69, 9.17) is 0 Å². The number of nitrogens with one attached hydrogen (secondary N) is 1. The van der Waals surface area contributed by atoms with Crippen LogP contribution in [0.3, 0.4) is 0 Å². The van der Waals surface area contributed by atoms with Gasteiger partial charge in [0.15, 0.2) is 17.5 Å². The standard InChI is InChI=1S/C17H19F3N4O2/c1-23-7-4-21-16(23)15(25)10-2-5-24(6-3-10)17(26)22-11-8-12(18)14(20)13(19)9-11/h4,7-10,15,25H,2-3,5-6H2,1H3,(H,22,26)/t15-/m0/s1. The van der Waals surface area contributed by atoms with Gasteiger partial charge in [-0.2, -0.15) is 0 Å². The molecule has 0 spiro atoms. The Balaban J connectivity index is 1.58. The fraction of sp³-hybridized carbons (Fsp3) is 0.412. The molecule has 140 valence electrons. The van der Waals surface area contributed by atoms with Crippen molar-refractivity contribution in [1.82, 2.24) is 14.5 Å². The summed E-state index contributed by atoms with van der Waals surface area (Å²) in [5.74, 6) is -3.77. The second kappa shape index (κ2) is 7.36. The van der Waals surface area contributed by atoms with Gasteiger partial charge in [0.2, 0.25) is 0 Å². The van der Waals surface area contributed by atoms with E-state index >= 15 is 0 Å². The molecule has 1 aromatic carbocycles. The van der Waals surface area contributed by atoms with E-state index in [-0.39, 0.29) is 11.6 Å².